The van der Waals surface area contributed by atoms with Crippen LogP contribution in [0, 0.1) is 0 Å². The SMILES string of the molecule is O=C(Cc1cccnc1)N1C[C@@H]2OCCN(c3cccnc3)[C@@H]2C1.O=C(O)C(F)(F)F. The van der Waals surface area contributed by atoms with Gasteiger partial charge in [0.25, 0.3) is 0 Å². The zero-order valence-corrected chi connectivity index (χ0v) is 16.4. The van der Waals surface area contributed by atoms with Crippen LogP contribution >= 0.6 is 0 Å². The molecule has 0 saturated carbocycles. The van der Waals surface area contributed by atoms with Gasteiger partial charge in [0, 0.05) is 38.2 Å². The number of anilines is 1. The molecule has 166 valence electrons. The Morgan fingerprint density at radius 2 is 1.81 bits per heavy atom. The Hall–Kier alpha value is -3.21. The number of carbonyl (C=O) groups excluding carboxylic acids is 1. The number of amides is 1. The van der Waals surface area contributed by atoms with E-state index < -0.39 is 12.1 Å². The third-order valence-corrected chi connectivity index (χ3v) is 4.95. The second-order valence-electron chi connectivity index (χ2n) is 7.02. The molecule has 2 aromatic rings. The van der Waals surface area contributed by atoms with Gasteiger partial charge in [-0.15, -0.1) is 0 Å². The Labute approximate surface area is 176 Å². The van der Waals surface area contributed by atoms with Gasteiger partial charge in [-0.1, -0.05) is 6.07 Å². The average molecular weight is 438 g/mol. The Morgan fingerprint density at radius 1 is 1.13 bits per heavy atom. The van der Waals surface area contributed by atoms with Crippen molar-refractivity contribution in [3.05, 3.63) is 54.6 Å². The molecular formula is C20H21F3N4O4. The molecule has 2 aliphatic rings. The predicted molar refractivity (Wildman–Crippen MR) is 103 cm³/mol. The summed E-state index contributed by atoms with van der Waals surface area (Å²) in [6.07, 6.45) is 2.50. The average Bonchev–Trinajstić information content (AvgIpc) is 3.19. The lowest BCUT2D eigenvalue weighted by Gasteiger charge is -2.38. The lowest BCUT2D eigenvalue weighted by molar-refractivity contribution is -0.192. The largest absolute Gasteiger partial charge is 0.490 e. The molecule has 1 N–H and O–H groups in total. The summed E-state index contributed by atoms with van der Waals surface area (Å²) in [5.41, 5.74) is 2.04. The van der Waals surface area contributed by atoms with Gasteiger partial charge in [0.2, 0.25) is 5.91 Å². The molecule has 1 amide bonds. The molecule has 8 nitrogen and oxygen atoms in total. The van der Waals surface area contributed by atoms with Gasteiger partial charge in [-0.3, -0.25) is 14.8 Å². The molecular weight excluding hydrogens is 417 g/mol. The number of hydrogen-bond acceptors (Lipinski definition) is 6. The molecule has 31 heavy (non-hydrogen) atoms. The summed E-state index contributed by atoms with van der Waals surface area (Å²) >= 11 is 0. The molecule has 0 aliphatic carbocycles. The number of nitrogens with zero attached hydrogens (tertiary/aromatic N) is 4. The zero-order chi connectivity index (χ0) is 22.4. The minimum atomic E-state index is -5.08. The van der Waals surface area contributed by atoms with Crippen molar-refractivity contribution in [2.45, 2.75) is 24.7 Å². The molecule has 2 aliphatic heterocycles. The summed E-state index contributed by atoms with van der Waals surface area (Å²) in [5.74, 6) is -2.63. The van der Waals surface area contributed by atoms with Gasteiger partial charge < -0.3 is 19.6 Å². The predicted octanol–water partition coefficient (Wildman–Crippen LogP) is 1.77. The van der Waals surface area contributed by atoms with Crippen molar-refractivity contribution >= 4 is 17.6 Å². The zero-order valence-electron chi connectivity index (χ0n) is 16.4. The first-order valence-corrected chi connectivity index (χ1v) is 9.51. The maximum absolute atomic E-state index is 12.6. The summed E-state index contributed by atoms with van der Waals surface area (Å²) < 4.78 is 37.7. The van der Waals surface area contributed by atoms with Gasteiger partial charge in [0.15, 0.2) is 0 Å². The lowest BCUT2D eigenvalue weighted by atomic mass is 10.1. The van der Waals surface area contributed by atoms with Crippen molar-refractivity contribution in [2.24, 2.45) is 0 Å². The minimum Gasteiger partial charge on any atom is -0.475 e. The number of halogens is 3. The van der Waals surface area contributed by atoms with Gasteiger partial charge in [0.05, 0.1) is 37.1 Å². The smallest absolute Gasteiger partial charge is 0.475 e. The van der Waals surface area contributed by atoms with E-state index in [9.17, 15) is 18.0 Å². The summed E-state index contributed by atoms with van der Waals surface area (Å²) in [7, 11) is 0. The van der Waals surface area contributed by atoms with Gasteiger partial charge in [0.1, 0.15) is 0 Å². The molecule has 4 heterocycles. The standard InChI is InChI=1S/C18H20N4O2.C2HF3O2/c23-18(9-14-3-1-5-19-10-14)21-12-16-17(13-21)24-8-7-22(16)15-4-2-6-20-11-15;3-2(4,5)1(6)7/h1-6,10-11,16-17H,7-9,12-13H2;(H,6,7)/t16-,17+;/m1./s1. The van der Waals surface area contributed by atoms with Crippen LogP contribution < -0.4 is 4.90 Å². The normalized spacial score (nSPS) is 20.5. The van der Waals surface area contributed by atoms with Crippen molar-refractivity contribution in [1.82, 2.24) is 14.9 Å². The fraction of sp³-hybridized carbons (Fsp3) is 0.400. The second kappa shape index (κ2) is 9.73. The van der Waals surface area contributed by atoms with E-state index in [0.29, 0.717) is 26.1 Å². The van der Waals surface area contributed by atoms with Crippen LogP contribution in [0.5, 0.6) is 0 Å². The monoisotopic (exact) mass is 438 g/mol. The number of carboxylic acid groups (broad SMARTS) is 1. The maximum Gasteiger partial charge on any atom is 0.490 e. The molecule has 0 radical (unpaired) electrons. The number of rotatable bonds is 3. The molecule has 4 rings (SSSR count). The molecule has 11 heteroatoms. The van der Waals surface area contributed by atoms with Crippen LogP contribution in [0.4, 0.5) is 18.9 Å². The van der Waals surface area contributed by atoms with E-state index in [1.54, 1.807) is 18.6 Å². The number of alkyl halides is 3. The molecule has 2 saturated heterocycles. The van der Waals surface area contributed by atoms with Crippen molar-refractivity contribution in [2.75, 3.05) is 31.1 Å². The molecule has 2 fully saturated rings. The number of fused-ring (bicyclic) bond motifs is 1. The molecule has 0 spiro atoms. The fourth-order valence-corrected chi connectivity index (χ4v) is 3.53. The van der Waals surface area contributed by atoms with E-state index in [1.807, 2.05) is 29.3 Å². The number of likely N-dealkylation sites (tertiary alicyclic amines) is 1. The van der Waals surface area contributed by atoms with Crippen LogP contribution in [0.1, 0.15) is 5.56 Å². The van der Waals surface area contributed by atoms with Crippen LogP contribution in [0.2, 0.25) is 0 Å². The van der Waals surface area contributed by atoms with Crippen LogP contribution in [0.3, 0.4) is 0 Å². The Balaban J connectivity index is 0.000000339. The highest BCUT2D eigenvalue weighted by atomic mass is 19.4. The summed E-state index contributed by atoms with van der Waals surface area (Å²) in [4.78, 5) is 34.0. The van der Waals surface area contributed by atoms with E-state index in [1.165, 1.54) is 0 Å². The van der Waals surface area contributed by atoms with E-state index in [2.05, 4.69) is 20.9 Å². The number of aliphatic carboxylic acids is 1. The third kappa shape index (κ3) is 5.91. The van der Waals surface area contributed by atoms with Crippen LogP contribution in [0.25, 0.3) is 0 Å². The number of carbonyl (C=O) groups is 2. The molecule has 2 atom stereocenters. The van der Waals surface area contributed by atoms with Crippen LogP contribution in [-0.2, 0) is 20.7 Å². The van der Waals surface area contributed by atoms with Gasteiger partial charge in [-0.25, -0.2) is 4.79 Å². The van der Waals surface area contributed by atoms with Crippen molar-refractivity contribution < 1.29 is 32.6 Å². The van der Waals surface area contributed by atoms with Gasteiger partial charge in [-0.2, -0.15) is 13.2 Å². The van der Waals surface area contributed by atoms with Gasteiger partial charge in [-0.05, 0) is 23.8 Å². The van der Waals surface area contributed by atoms with E-state index in [-0.39, 0.29) is 18.1 Å². The highest BCUT2D eigenvalue weighted by Crippen LogP contribution is 2.27. The third-order valence-electron chi connectivity index (χ3n) is 4.95. The minimum absolute atomic E-state index is 0.0665. The van der Waals surface area contributed by atoms with Crippen molar-refractivity contribution in [3.8, 4) is 0 Å². The van der Waals surface area contributed by atoms with E-state index >= 15 is 0 Å². The summed E-state index contributed by atoms with van der Waals surface area (Å²) in [6.45, 7) is 2.86. The topological polar surface area (TPSA) is 95.9 Å². The first kappa shape index (κ1) is 22.5. The summed E-state index contributed by atoms with van der Waals surface area (Å²) in [5, 5.41) is 7.12. The highest BCUT2D eigenvalue weighted by molar-refractivity contribution is 5.79. The number of carboxylic acids is 1. The van der Waals surface area contributed by atoms with Crippen LogP contribution in [-0.4, -0.2) is 76.4 Å². The van der Waals surface area contributed by atoms with Crippen molar-refractivity contribution in [3.63, 3.8) is 0 Å². The number of ether oxygens (including phenoxy) is 1. The molecule has 0 bridgehead atoms. The Kier molecular flexibility index (Phi) is 7.06. The van der Waals surface area contributed by atoms with E-state index in [0.717, 1.165) is 17.8 Å². The van der Waals surface area contributed by atoms with Crippen LogP contribution in [0.15, 0.2) is 49.1 Å². The lowest BCUT2D eigenvalue weighted by Crippen LogP contribution is -2.51. The Morgan fingerprint density at radius 3 is 2.39 bits per heavy atom. The maximum atomic E-state index is 12.6. The van der Waals surface area contributed by atoms with Gasteiger partial charge >= 0.3 is 12.1 Å². The van der Waals surface area contributed by atoms with Crippen molar-refractivity contribution in [1.29, 1.82) is 0 Å². The second-order valence-corrected chi connectivity index (χ2v) is 7.02. The first-order chi connectivity index (χ1) is 14.8. The molecule has 2 aromatic heterocycles. The quantitative estimate of drug-likeness (QED) is 0.780. The number of aromatic nitrogens is 2. The fourth-order valence-electron chi connectivity index (χ4n) is 3.53. The summed E-state index contributed by atoms with van der Waals surface area (Å²) in [6, 6.07) is 8.00. The molecule has 0 aromatic carbocycles. The highest BCUT2D eigenvalue weighted by Gasteiger charge is 2.42. The Bertz CT molecular complexity index is 883. The number of hydrogen-bond donors (Lipinski definition) is 1. The first-order valence-electron chi connectivity index (χ1n) is 9.51. The number of morpholine rings is 1. The number of pyridine rings is 2. The molecule has 0 unspecified atom stereocenters. The van der Waals surface area contributed by atoms with E-state index in [4.69, 9.17) is 14.6 Å².